The highest BCUT2D eigenvalue weighted by Gasteiger charge is 2.11. The van der Waals surface area contributed by atoms with Gasteiger partial charge in [0.2, 0.25) is 0 Å². The number of imidazole rings is 2. The van der Waals surface area contributed by atoms with E-state index in [1.165, 1.54) is 0 Å². The summed E-state index contributed by atoms with van der Waals surface area (Å²) in [5.41, 5.74) is 4.98. The van der Waals surface area contributed by atoms with Gasteiger partial charge in [0.1, 0.15) is 15.0 Å². The van der Waals surface area contributed by atoms with E-state index in [4.69, 9.17) is 0 Å². The van der Waals surface area contributed by atoms with Crippen molar-refractivity contribution in [3.63, 3.8) is 0 Å². The molecule has 28 heavy (non-hydrogen) atoms. The standard InChI is InChI=1S/C10H10N4S.C8H9BrN4/c1-6-5-12-9-8(11-2)13-7-3-4-15-10(7)14(6)9;1-5-3-11-8-7(10-2)12-6(9)4-13(5)8/h3-5H,1-2H3,(H,11,13);3-4H,1-2H3,(H,10,12). The molecule has 0 saturated heterocycles. The van der Waals surface area contributed by atoms with Crippen molar-refractivity contribution in [2.75, 3.05) is 24.7 Å². The van der Waals surface area contributed by atoms with E-state index in [2.05, 4.69) is 63.2 Å². The summed E-state index contributed by atoms with van der Waals surface area (Å²) in [7, 11) is 3.70. The molecule has 0 amide bonds. The van der Waals surface area contributed by atoms with Crippen LogP contribution in [0.1, 0.15) is 11.4 Å². The Balaban J connectivity index is 0.000000139. The first-order valence-electron chi connectivity index (χ1n) is 8.60. The van der Waals surface area contributed by atoms with Crippen LogP contribution in [0.2, 0.25) is 0 Å². The smallest absolute Gasteiger partial charge is 0.181 e. The normalized spacial score (nSPS) is 11.0. The van der Waals surface area contributed by atoms with E-state index in [9.17, 15) is 0 Å². The molecule has 8 nitrogen and oxygen atoms in total. The summed E-state index contributed by atoms with van der Waals surface area (Å²) in [4.78, 5) is 18.5. The molecule has 5 rings (SSSR count). The van der Waals surface area contributed by atoms with E-state index in [1.807, 2.05) is 50.1 Å². The monoisotopic (exact) mass is 458 g/mol. The fraction of sp³-hybridized carbons (Fsp3) is 0.222. The van der Waals surface area contributed by atoms with Gasteiger partial charge in [-0.1, -0.05) is 0 Å². The maximum Gasteiger partial charge on any atom is 0.181 e. The summed E-state index contributed by atoms with van der Waals surface area (Å²) in [6.07, 6.45) is 5.60. The summed E-state index contributed by atoms with van der Waals surface area (Å²) in [6.45, 7) is 4.06. The van der Waals surface area contributed by atoms with Gasteiger partial charge in [0.15, 0.2) is 22.9 Å². The average molecular weight is 459 g/mol. The summed E-state index contributed by atoms with van der Waals surface area (Å²) in [6, 6.07) is 2.03. The van der Waals surface area contributed by atoms with Crippen LogP contribution in [-0.4, -0.2) is 42.8 Å². The Hall–Kier alpha value is -2.72. The molecule has 5 aromatic rings. The SMILES string of the molecule is CNc1nc(Br)cn2c(C)cnc12.CNc1nc2ccsc2n2c(C)cnc12. The lowest BCUT2D eigenvalue weighted by atomic mass is 10.4. The second-order valence-corrected chi connectivity index (χ2v) is 7.84. The van der Waals surface area contributed by atoms with E-state index in [1.54, 1.807) is 11.3 Å². The Morgan fingerprint density at radius 3 is 2.39 bits per heavy atom. The lowest BCUT2D eigenvalue weighted by Gasteiger charge is -2.04. The van der Waals surface area contributed by atoms with Crippen molar-refractivity contribution in [2.24, 2.45) is 0 Å². The van der Waals surface area contributed by atoms with E-state index in [0.717, 1.165) is 49.3 Å². The molecule has 0 aliphatic carbocycles. The van der Waals surface area contributed by atoms with Crippen LogP contribution in [0.4, 0.5) is 11.6 Å². The molecule has 0 bridgehead atoms. The summed E-state index contributed by atoms with van der Waals surface area (Å²) in [5, 5.41) is 8.13. The Morgan fingerprint density at radius 2 is 1.64 bits per heavy atom. The molecule has 0 aliphatic rings. The van der Waals surface area contributed by atoms with Crippen molar-refractivity contribution in [3.05, 3.63) is 46.0 Å². The van der Waals surface area contributed by atoms with E-state index in [0.29, 0.717) is 0 Å². The quantitative estimate of drug-likeness (QED) is 0.413. The first kappa shape index (κ1) is 18.6. The summed E-state index contributed by atoms with van der Waals surface area (Å²) < 4.78 is 4.92. The predicted octanol–water partition coefficient (Wildman–Crippen LogP) is 4.14. The van der Waals surface area contributed by atoms with Gasteiger partial charge in [0, 0.05) is 44.1 Å². The number of aromatic nitrogens is 6. The van der Waals surface area contributed by atoms with Gasteiger partial charge in [-0.05, 0) is 41.2 Å². The van der Waals surface area contributed by atoms with Gasteiger partial charge in [-0.3, -0.25) is 8.80 Å². The molecule has 0 aromatic carbocycles. The first-order chi connectivity index (χ1) is 13.5. The van der Waals surface area contributed by atoms with Gasteiger partial charge in [-0.25, -0.2) is 19.9 Å². The highest BCUT2D eigenvalue weighted by Crippen LogP contribution is 2.25. The Bertz CT molecular complexity index is 1290. The number of fused-ring (bicyclic) bond motifs is 4. The third kappa shape index (κ3) is 3.08. The van der Waals surface area contributed by atoms with Crippen molar-refractivity contribution >= 4 is 60.5 Å². The fourth-order valence-electron chi connectivity index (χ4n) is 2.99. The highest BCUT2D eigenvalue weighted by atomic mass is 79.9. The molecule has 0 atom stereocenters. The Morgan fingerprint density at radius 1 is 0.964 bits per heavy atom. The van der Waals surface area contributed by atoms with Crippen LogP contribution in [0.5, 0.6) is 0 Å². The molecule has 144 valence electrons. The van der Waals surface area contributed by atoms with Gasteiger partial charge in [0.05, 0.1) is 0 Å². The summed E-state index contributed by atoms with van der Waals surface area (Å²) >= 11 is 5.03. The van der Waals surface area contributed by atoms with Gasteiger partial charge < -0.3 is 10.6 Å². The van der Waals surface area contributed by atoms with Gasteiger partial charge in [0.25, 0.3) is 0 Å². The Labute approximate surface area is 173 Å². The lowest BCUT2D eigenvalue weighted by Crippen LogP contribution is -1.98. The topological polar surface area (TPSA) is 84.4 Å². The molecule has 0 aliphatic heterocycles. The van der Waals surface area contributed by atoms with Gasteiger partial charge >= 0.3 is 0 Å². The zero-order chi connectivity index (χ0) is 19.8. The lowest BCUT2D eigenvalue weighted by molar-refractivity contribution is 1.06. The number of anilines is 2. The van der Waals surface area contributed by atoms with Gasteiger partial charge in [-0.2, -0.15) is 0 Å². The molecule has 0 spiro atoms. The number of thiophene rings is 1. The van der Waals surface area contributed by atoms with Crippen molar-refractivity contribution < 1.29 is 0 Å². The van der Waals surface area contributed by atoms with Crippen LogP contribution in [0.15, 0.2) is 34.6 Å². The number of nitrogens with zero attached hydrogens (tertiary/aromatic N) is 6. The molecule has 5 heterocycles. The minimum atomic E-state index is 0.780. The number of nitrogens with one attached hydrogen (secondary N) is 2. The minimum absolute atomic E-state index is 0.780. The van der Waals surface area contributed by atoms with E-state index >= 15 is 0 Å². The van der Waals surface area contributed by atoms with Crippen molar-refractivity contribution in [3.8, 4) is 0 Å². The largest absolute Gasteiger partial charge is 0.370 e. The van der Waals surface area contributed by atoms with Crippen LogP contribution >= 0.6 is 27.3 Å². The van der Waals surface area contributed by atoms with Crippen molar-refractivity contribution in [1.82, 2.24) is 28.7 Å². The van der Waals surface area contributed by atoms with Crippen LogP contribution in [0.3, 0.4) is 0 Å². The van der Waals surface area contributed by atoms with E-state index in [-0.39, 0.29) is 0 Å². The molecule has 0 radical (unpaired) electrons. The van der Waals surface area contributed by atoms with Gasteiger partial charge in [-0.15, -0.1) is 11.3 Å². The molecule has 0 fully saturated rings. The molecule has 0 saturated carbocycles. The van der Waals surface area contributed by atoms with Crippen molar-refractivity contribution in [1.29, 1.82) is 0 Å². The molecule has 10 heteroatoms. The summed E-state index contributed by atoms with van der Waals surface area (Å²) in [5.74, 6) is 1.61. The van der Waals surface area contributed by atoms with Crippen LogP contribution in [-0.2, 0) is 0 Å². The second kappa shape index (κ2) is 7.36. The molecule has 2 N–H and O–H groups in total. The van der Waals surface area contributed by atoms with E-state index < -0.39 is 0 Å². The fourth-order valence-corrected chi connectivity index (χ4v) is 4.27. The third-order valence-electron chi connectivity index (χ3n) is 4.33. The zero-order valence-electron chi connectivity index (χ0n) is 15.9. The minimum Gasteiger partial charge on any atom is -0.370 e. The number of rotatable bonds is 2. The molecular weight excluding hydrogens is 440 g/mol. The maximum absolute atomic E-state index is 4.51. The Kier molecular flexibility index (Phi) is 4.90. The molecule has 0 unspecified atom stereocenters. The van der Waals surface area contributed by atoms with Crippen LogP contribution in [0, 0.1) is 13.8 Å². The van der Waals surface area contributed by atoms with Crippen LogP contribution < -0.4 is 10.6 Å². The van der Waals surface area contributed by atoms with Crippen LogP contribution in [0.25, 0.3) is 21.6 Å². The number of hydrogen-bond donors (Lipinski definition) is 2. The molecule has 5 aromatic heterocycles. The number of halogens is 1. The maximum atomic E-state index is 4.51. The number of hydrogen-bond acceptors (Lipinski definition) is 7. The average Bonchev–Trinajstić information content (AvgIpc) is 3.40. The third-order valence-corrected chi connectivity index (χ3v) is 5.60. The zero-order valence-corrected chi connectivity index (χ0v) is 18.3. The molecular formula is C18H19BrN8S. The highest BCUT2D eigenvalue weighted by molar-refractivity contribution is 9.10. The first-order valence-corrected chi connectivity index (χ1v) is 10.3. The second-order valence-electron chi connectivity index (χ2n) is 6.14. The predicted molar refractivity (Wildman–Crippen MR) is 118 cm³/mol. The number of aryl methyl sites for hydroxylation is 2. The van der Waals surface area contributed by atoms with Crippen molar-refractivity contribution in [2.45, 2.75) is 13.8 Å².